The zero-order chi connectivity index (χ0) is 13.8. The van der Waals surface area contributed by atoms with E-state index in [0.29, 0.717) is 17.7 Å². The van der Waals surface area contributed by atoms with Gasteiger partial charge in [0.2, 0.25) is 11.1 Å². The number of hydrogen-bond acceptors (Lipinski definition) is 6. The van der Waals surface area contributed by atoms with Crippen molar-refractivity contribution >= 4 is 23.7 Å². The number of nitrogens with one attached hydrogen (secondary N) is 2. The summed E-state index contributed by atoms with van der Waals surface area (Å²) >= 11 is 1.25. The molecular weight excluding hydrogens is 268 g/mol. The third-order valence-electron chi connectivity index (χ3n) is 2.58. The maximum atomic E-state index is 11.8. The van der Waals surface area contributed by atoms with Crippen LogP contribution < -0.4 is 10.6 Å². The molecule has 1 heterocycles. The van der Waals surface area contributed by atoms with Crippen molar-refractivity contribution < 1.29 is 9.59 Å². The topological polar surface area (TPSA) is 102 Å². The normalized spacial score (nSPS) is 15.9. The van der Waals surface area contributed by atoms with Crippen LogP contribution in [0.5, 0.6) is 0 Å². The second-order valence-corrected chi connectivity index (χ2v) is 5.55. The maximum Gasteiger partial charge on any atom is 0.321 e. The van der Waals surface area contributed by atoms with E-state index in [9.17, 15) is 9.59 Å². The first-order valence-corrected chi connectivity index (χ1v) is 7.03. The maximum absolute atomic E-state index is 11.8. The zero-order valence-electron chi connectivity index (χ0n) is 10.8. The monoisotopic (exact) mass is 284 g/mol. The predicted molar refractivity (Wildman–Crippen MR) is 68.6 cm³/mol. The Bertz CT molecular complexity index is 472. The van der Waals surface area contributed by atoms with Crippen LogP contribution in [0.1, 0.15) is 32.7 Å². The highest BCUT2D eigenvalue weighted by Gasteiger charge is 2.29. The second-order valence-electron chi connectivity index (χ2n) is 4.25. The van der Waals surface area contributed by atoms with Crippen LogP contribution in [-0.2, 0) is 4.79 Å². The highest BCUT2D eigenvalue weighted by molar-refractivity contribution is 8.00. The van der Waals surface area contributed by atoms with E-state index in [4.69, 9.17) is 0 Å². The summed E-state index contributed by atoms with van der Waals surface area (Å²) in [6, 6.07) is -0.127. The van der Waals surface area contributed by atoms with Crippen molar-refractivity contribution in [2.45, 2.75) is 43.1 Å². The number of nitrogens with zero attached hydrogens (tertiary/aromatic N) is 4. The van der Waals surface area contributed by atoms with Crippen molar-refractivity contribution in [2.75, 3.05) is 6.54 Å². The van der Waals surface area contributed by atoms with Crippen molar-refractivity contribution in [1.82, 2.24) is 30.8 Å². The molecule has 19 heavy (non-hydrogen) atoms. The largest absolute Gasteiger partial charge is 0.338 e. The lowest BCUT2D eigenvalue weighted by Gasteiger charge is -2.10. The molecule has 104 valence electrons. The molecule has 0 bridgehead atoms. The molecule has 8 nitrogen and oxygen atoms in total. The number of carbonyl (C=O) groups is 2. The van der Waals surface area contributed by atoms with Crippen molar-refractivity contribution in [3.05, 3.63) is 0 Å². The van der Waals surface area contributed by atoms with E-state index >= 15 is 0 Å². The summed E-state index contributed by atoms with van der Waals surface area (Å²) in [5, 5.41) is 16.4. The van der Waals surface area contributed by atoms with Gasteiger partial charge in [-0.2, -0.15) is 0 Å². The number of hydrogen-bond donors (Lipinski definition) is 2. The summed E-state index contributed by atoms with van der Waals surface area (Å²) in [6.45, 7) is 3.97. The van der Waals surface area contributed by atoms with Crippen LogP contribution in [0.25, 0.3) is 0 Å². The number of amides is 3. The van der Waals surface area contributed by atoms with Crippen molar-refractivity contribution in [3.63, 3.8) is 0 Å². The molecule has 9 heteroatoms. The van der Waals surface area contributed by atoms with Gasteiger partial charge in [0.05, 0.1) is 11.3 Å². The lowest BCUT2D eigenvalue weighted by molar-refractivity contribution is -0.119. The van der Waals surface area contributed by atoms with Gasteiger partial charge in [-0.15, -0.1) is 5.10 Å². The molecule has 1 aliphatic carbocycles. The molecule has 0 radical (unpaired) electrons. The van der Waals surface area contributed by atoms with Crippen molar-refractivity contribution in [2.24, 2.45) is 0 Å². The Morgan fingerprint density at radius 1 is 1.53 bits per heavy atom. The first-order chi connectivity index (χ1) is 9.11. The number of urea groups is 1. The van der Waals surface area contributed by atoms with E-state index < -0.39 is 11.3 Å². The molecule has 1 atom stereocenters. The number of aromatic nitrogens is 4. The third kappa shape index (κ3) is 3.66. The quantitative estimate of drug-likeness (QED) is 0.756. The van der Waals surface area contributed by atoms with Crippen LogP contribution in [0, 0.1) is 0 Å². The minimum atomic E-state index is -0.485. The fraction of sp³-hybridized carbons (Fsp3) is 0.700. The van der Waals surface area contributed by atoms with Crippen molar-refractivity contribution in [1.29, 1.82) is 0 Å². The minimum Gasteiger partial charge on any atom is -0.338 e. The predicted octanol–water partition coefficient (Wildman–Crippen LogP) is 0.334. The number of tetrazole rings is 1. The van der Waals surface area contributed by atoms with Gasteiger partial charge in [-0.1, -0.05) is 11.8 Å². The highest BCUT2D eigenvalue weighted by Crippen LogP contribution is 2.37. The fourth-order valence-electron chi connectivity index (χ4n) is 1.44. The number of thioether (sulfide) groups is 1. The van der Waals surface area contributed by atoms with Gasteiger partial charge < -0.3 is 5.32 Å². The molecule has 0 spiro atoms. The molecule has 1 saturated carbocycles. The van der Waals surface area contributed by atoms with E-state index in [2.05, 4.69) is 26.2 Å². The molecule has 2 N–H and O–H groups in total. The van der Waals surface area contributed by atoms with Gasteiger partial charge in [-0.05, 0) is 37.1 Å². The number of rotatable bonds is 5. The van der Waals surface area contributed by atoms with Gasteiger partial charge in [0.1, 0.15) is 0 Å². The second kappa shape index (κ2) is 6.00. The summed E-state index contributed by atoms with van der Waals surface area (Å²) in [5.41, 5.74) is 0. The smallest absolute Gasteiger partial charge is 0.321 e. The van der Waals surface area contributed by atoms with Crippen LogP contribution in [0.15, 0.2) is 5.16 Å². The number of imide groups is 1. The van der Waals surface area contributed by atoms with Crippen molar-refractivity contribution in [3.8, 4) is 0 Å². The van der Waals surface area contributed by atoms with Gasteiger partial charge >= 0.3 is 6.03 Å². The Labute approximate surface area is 114 Å². The molecule has 0 aliphatic heterocycles. The standard InChI is InChI=1S/C10H16N6O2S/c1-3-11-9(18)12-8(17)6(2)19-10-13-14-15-16(10)7-4-5-7/h6-7H,3-5H2,1-2H3,(H2,11,12,17,18)/t6-/m0/s1. The van der Waals surface area contributed by atoms with E-state index in [0.717, 1.165) is 12.8 Å². The molecule has 1 fully saturated rings. The van der Waals surface area contributed by atoms with Crippen LogP contribution >= 0.6 is 11.8 Å². The first kappa shape index (κ1) is 13.8. The molecule has 2 rings (SSSR count). The average Bonchev–Trinajstić information content (AvgIpc) is 3.10. The molecule has 3 amide bonds. The molecule has 0 unspecified atom stereocenters. The number of carbonyl (C=O) groups excluding carboxylic acids is 2. The summed E-state index contributed by atoms with van der Waals surface area (Å²) in [7, 11) is 0. The summed E-state index contributed by atoms with van der Waals surface area (Å²) in [4.78, 5) is 23.0. The van der Waals surface area contributed by atoms with Gasteiger partial charge in [-0.3, -0.25) is 10.1 Å². The van der Waals surface area contributed by atoms with E-state index in [1.165, 1.54) is 11.8 Å². The summed E-state index contributed by atoms with van der Waals surface area (Å²) in [5.74, 6) is -0.360. The fourth-order valence-corrected chi connectivity index (χ4v) is 2.30. The van der Waals surface area contributed by atoms with Crippen LogP contribution in [-0.4, -0.2) is 43.9 Å². The lowest BCUT2D eigenvalue weighted by atomic mass is 10.4. The van der Waals surface area contributed by atoms with Gasteiger partial charge in [-0.25, -0.2) is 9.48 Å². The van der Waals surface area contributed by atoms with E-state index in [1.807, 2.05) is 0 Å². The Morgan fingerprint density at radius 3 is 2.89 bits per heavy atom. The highest BCUT2D eigenvalue weighted by atomic mass is 32.2. The Kier molecular flexibility index (Phi) is 4.35. The van der Waals surface area contributed by atoms with Gasteiger partial charge in [0, 0.05) is 6.54 Å². The van der Waals surface area contributed by atoms with E-state index in [-0.39, 0.29) is 5.91 Å². The SMILES string of the molecule is CCNC(=O)NC(=O)[C@H](C)Sc1nnnn1C1CC1. The molecule has 1 aromatic heterocycles. The Balaban J connectivity index is 1.89. The summed E-state index contributed by atoms with van der Waals surface area (Å²) in [6.07, 6.45) is 2.14. The molecule has 0 saturated heterocycles. The van der Waals surface area contributed by atoms with Gasteiger partial charge in [0.15, 0.2) is 0 Å². The van der Waals surface area contributed by atoms with Crippen LogP contribution in [0.2, 0.25) is 0 Å². The molecule has 1 aromatic rings. The van der Waals surface area contributed by atoms with Crippen LogP contribution in [0.3, 0.4) is 0 Å². The summed E-state index contributed by atoms with van der Waals surface area (Å²) < 4.78 is 1.74. The zero-order valence-corrected chi connectivity index (χ0v) is 11.6. The minimum absolute atomic E-state index is 0.358. The first-order valence-electron chi connectivity index (χ1n) is 6.15. The third-order valence-corrected chi connectivity index (χ3v) is 3.63. The van der Waals surface area contributed by atoms with Crippen LogP contribution in [0.4, 0.5) is 4.79 Å². The average molecular weight is 284 g/mol. The molecule has 1 aliphatic rings. The molecular formula is C10H16N6O2S. The Hall–Kier alpha value is -1.64. The van der Waals surface area contributed by atoms with E-state index in [1.54, 1.807) is 18.5 Å². The van der Waals surface area contributed by atoms with Gasteiger partial charge in [0.25, 0.3) is 0 Å². The Morgan fingerprint density at radius 2 is 2.26 bits per heavy atom. The lowest BCUT2D eigenvalue weighted by Crippen LogP contribution is -2.42. The molecule has 0 aromatic carbocycles.